The van der Waals surface area contributed by atoms with E-state index in [9.17, 15) is 0 Å². The number of unbranched alkanes of at least 4 members (excludes halogenated alkanes) is 4. The van der Waals surface area contributed by atoms with Crippen LogP contribution in [0.5, 0.6) is 0 Å². The highest BCUT2D eigenvalue weighted by Gasteiger charge is 2.04. The Balaban J connectivity index is 0.000000289. The molecule has 0 aliphatic heterocycles. The van der Waals surface area contributed by atoms with Crippen molar-refractivity contribution in [2.45, 2.75) is 78.6 Å². The molecule has 1 unspecified atom stereocenters. The van der Waals surface area contributed by atoms with Gasteiger partial charge in [-0.1, -0.05) is 126 Å². The summed E-state index contributed by atoms with van der Waals surface area (Å²) >= 11 is 0. The van der Waals surface area contributed by atoms with E-state index in [0.717, 1.165) is 5.92 Å². The predicted molar refractivity (Wildman–Crippen MR) is 127 cm³/mol. The second-order valence-electron chi connectivity index (χ2n) is 7.75. The zero-order valence-electron chi connectivity index (χ0n) is 18.6. The Labute approximate surface area is 175 Å². The fourth-order valence-electron chi connectivity index (χ4n) is 3.41. The summed E-state index contributed by atoms with van der Waals surface area (Å²) in [6.07, 6.45) is 12.4. The van der Waals surface area contributed by atoms with Crippen molar-refractivity contribution < 1.29 is 0 Å². The third-order valence-electron chi connectivity index (χ3n) is 5.36. The van der Waals surface area contributed by atoms with Gasteiger partial charge in [0.1, 0.15) is 0 Å². The maximum atomic E-state index is 3.59. The molecule has 0 radical (unpaired) electrons. The molecule has 0 amide bonds. The van der Waals surface area contributed by atoms with Gasteiger partial charge in [-0.25, -0.2) is 0 Å². The van der Waals surface area contributed by atoms with Gasteiger partial charge in [0.15, 0.2) is 0 Å². The maximum absolute atomic E-state index is 3.59. The van der Waals surface area contributed by atoms with Gasteiger partial charge in [-0.15, -0.1) is 0 Å². The first-order valence-corrected chi connectivity index (χ1v) is 11.6. The second kappa shape index (κ2) is 17.5. The molecule has 1 heteroatoms. The van der Waals surface area contributed by atoms with Gasteiger partial charge in [-0.3, -0.25) is 0 Å². The highest BCUT2D eigenvalue weighted by Crippen LogP contribution is 2.17. The van der Waals surface area contributed by atoms with Crippen LogP contribution in [-0.4, -0.2) is 13.1 Å². The zero-order chi connectivity index (χ0) is 20.3. The monoisotopic (exact) mass is 381 g/mol. The maximum Gasteiger partial charge on any atom is -0.00463 e. The minimum absolute atomic E-state index is 0.961. The van der Waals surface area contributed by atoms with E-state index in [2.05, 4.69) is 74.6 Å². The van der Waals surface area contributed by atoms with Crippen LogP contribution in [0.2, 0.25) is 0 Å². The van der Waals surface area contributed by atoms with E-state index in [1.54, 1.807) is 0 Å². The molecule has 1 atom stereocenters. The lowest BCUT2D eigenvalue weighted by atomic mass is 9.96. The first kappa shape index (κ1) is 24.4. The number of benzene rings is 2. The lowest BCUT2D eigenvalue weighted by Gasteiger charge is -2.14. The number of hydrogen-bond acceptors (Lipinski definition) is 1. The summed E-state index contributed by atoms with van der Waals surface area (Å²) in [6, 6.07) is 20.8. The molecule has 0 fully saturated rings. The fourth-order valence-corrected chi connectivity index (χ4v) is 3.41. The topological polar surface area (TPSA) is 12.0 Å². The van der Waals surface area contributed by atoms with Crippen molar-refractivity contribution >= 4 is 0 Å². The molecular formula is C27H43N. The van der Waals surface area contributed by atoms with Gasteiger partial charge in [-0.05, 0) is 43.0 Å². The molecular weight excluding hydrogens is 338 g/mol. The minimum atomic E-state index is 0.961. The van der Waals surface area contributed by atoms with Gasteiger partial charge < -0.3 is 5.32 Å². The lowest BCUT2D eigenvalue weighted by Crippen LogP contribution is -2.19. The van der Waals surface area contributed by atoms with E-state index in [1.165, 1.54) is 82.0 Å². The van der Waals surface area contributed by atoms with Crippen molar-refractivity contribution in [3.8, 4) is 11.1 Å². The van der Waals surface area contributed by atoms with Gasteiger partial charge in [0.25, 0.3) is 0 Å². The van der Waals surface area contributed by atoms with Crippen LogP contribution in [0.4, 0.5) is 0 Å². The smallest absolute Gasteiger partial charge is 0.00463 e. The first-order chi connectivity index (χ1) is 13.8. The molecule has 0 saturated carbocycles. The van der Waals surface area contributed by atoms with Gasteiger partial charge in [0, 0.05) is 0 Å². The van der Waals surface area contributed by atoms with E-state index >= 15 is 0 Å². The molecule has 2 rings (SSSR count). The van der Waals surface area contributed by atoms with E-state index < -0.39 is 0 Å². The van der Waals surface area contributed by atoms with Crippen LogP contribution in [0.15, 0.2) is 60.7 Å². The second-order valence-corrected chi connectivity index (χ2v) is 7.75. The summed E-state index contributed by atoms with van der Waals surface area (Å²) in [5.74, 6) is 0.961. The molecule has 0 saturated heterocycles. The lowest BCUT2D eigenvalue weighted by molar-refractivity contribution is 0.408. The van der Waals surface area contributed by atoms with Crippen LogP contribution in [-0.2, 0) is 0 Å². The summed E-state index contributed by atoms with van der Waals surface area (Å²) < 4.78 is 0. The number of nitrogens with one attached hydrogen (secondary N) is 1. The van der Waals surface area contributed by atoms with Crippen LogP contribution in [0.1, 0.15) is 78.6 Å². The molecule has 0 aromatic heterocycles. The molecule has 0 bridgehead atoms. The highest BCUT2D eigenvalue weighted by atomic mass is 14.8. The van der Waals surface area contributed by atoms with E-state index in [4.69, 9.17) is 0 Å². The Morgan fingerprint density at radius 1 is 0.607 bits per heavy atom. The largest absolute Gasteiger partial charge is 0.317 e. The molecule has 2 aromatic carbocycles. The molecule has 0 heterocycles. The van der Waals surface area contributed by atoms with Gasteiger partial charge in [0.2, 0.25) is 0 Å². The Hall–Kier alpha value is -1.60. The number of hydrogen-bond donors (Lipinski definition) is 1. The molecule has 1 nitrogen and oxygen atoms in total. The molecule has 156 valence electrons. The molecule has 0 spiro atoms. The molecule has 0 aliphatic carbocycles. The van der Waals surface area contributed by atoms with Crippen molar-refractivity contribution in [2.24, 2.45) is 5.92 Å². The van der Waals surface area contributed by atoms with E-state index in [0.29, 0.717) is 0 Å². The summed E-state index contributed by atoms with van der Waals surface area (Å²) in [6.45, 7) is 9.35. The van der Waals surface area contributed by atoms with Crippen molar-refractivity contribution in [3.63, 3.8) is 0 Å². The quantitative estimate of drug-likeness (QED) is 0.345. The minimum Gasteiger partial charge on any atom is -0.317 e. The fraction of sp³-hybridized carbons (Fsp3) is 0.556. The van der Waals surface area contributed by atoms with Gasteiger partial charge >= 0.3 is 0 Å². The Morgan fingerprint density at radius 2 is 1.18 bits per heavy atom. The SMILES string of the molecule is CCCCCCNCCC(CC)CCCC.c1ccc(-c2ccccc2)cc1. The number of rotatable bonds is 13. The summed E-state index contributed by atoms with van der Waals surface area (Å²) in [4.78, 5) is 0. The normalized spacial score (nSPS) is 11.5. The third-order valence-corrected chi connectivity index (χ3v) is 5.36. The summed E-state index contributed by atoms with van der Waals surface area (Å²) in [5.41, 5.74) is 2.55. The predicted octanol–water partition coefficient (Wildman–Crippen LogP) is 8.12. The van der Waals surface area contributed by atoms with E-state index in [1.807, 2.05) is 12.1 Å². The van der Waals surface area contributed by atoms with Crippen molar-refractivity contribution in [2.75, 3.05) is 13.1 Å². The molecule has 2 aromatic rings. The standard InChI is InChI=1S/C15H33N.C12H10/c1-4-7-9-10-13-16-14-12-15(6-3)11-8-5-2;1-3-7-11(8-4-1)12-9-5-2-6-10-12/h15-16H,4-14H2,1-3H3;1-10H. The molecule has 1 N–H and O–H groups in total. The molecule has 28 heavy (non-hydrogen) atoms. The average Bonchev–Trinajstić information content (AvgIpc) is 2.77. The third kappa shape index (κ3) is 12.0. The van der Waals surface area contributed by atoms with Gasteiger partial charge in [-0.2, -0.15) is 0 Å². The Morgan fingerprint density at radius 3 is 1.68 bits per heavy atom. The Bertz CT molecular complexity index is 511. The van der Waals surface area contributed by atoms with Crippen LogP contribution < -0.4 is 5.32 Å². The Kier molecular flexibility index (Phi) is 15.3. The van der Waals surface area contributed by atoms with Crippen molar-refractivity contribution in [1.82, 2.24) is 5.32 Å². The van der Waals surface area contributed by atoms with Crippen LogP contribution >= 0.6 is 0 Å². The van der Waals surface area contributed by atoms with E-state index in [-0.39, 0.29) is 0 Å². The zero-order valence-corrected chi connectivity index (χ0v) is 18.6. The highest BCUT2D eigenvalue weighted by molar-refractivity contribution is 5.62. The molecule has 0 aliphatic rings. The van der Waals surface area contributed by atoms with Gasteiger partial charge in [0.05, 0.1) is 0 Å². The average molecular weight is 382 g/mol. The van der Waals surface area contributed by atoms with Crippen LogP contribution in [0.25, 0.3) is 11.1 Å². The van der Waals surface area contributed by atoms with Crippen LogP contribution in [0, 0.1) is 5.92 Å². The summed E-state index contributed by atoms with van der Waals surface area (Å²) in [5, 5.41) is 3.59. The first-order valence-electron chi connectivity index (χ1n) is 11.6. The van der Waals surface area contributed by atoms with Crippen molar-refractivity contribution in [1.29, 1.82) is 0 Å². The van der Waals surface area contributed by atoms with Crippen molar-refractivity contribution in [3.05, 3.63) is 60.7 Å². The van der Waals surface area contributed by atoms with Crippen LogP contribution in [0.3, 0.4) is 0 Å². The summed E-state index contributed by atoms with van der Waals surface area (Å²) in [7, 11) is 0.